The molecule has 5 heteroatoms. The summed E-state index contributed by atoms with van der Waals surface area (Å²) >= 11 is 0. The van der Waals surface area contributed by atoms with Crippen LogP contribution in [0, 0.1) is 0 Å². The summed E-state index contributed by atoms with van der Waals surface area (Å²) < 4.78 is 0. The van der Waals surface area contributed by atoms with Gasteiger partial charge in [-0.2, -0.15) is 0 Å². The summed E-state index contributed by atoms with van der Waals surface area (Å²) in [4.78, 5) is 11.8. The number of hydrogen-bond donors (Lipinski definition) is 4. The first-order valence-electron chi connectivity index (χ1n) is 13.6. The minimum Gasteiger partial charge on any atom is -0.356 e. The molecule has 0 aromatic rings. The van der Waals surface area contributed by atoms with E-state index < -0.39 is 0 Å². The standard InChI is InChI=1S/C30H52N4O/c1-2-3-4-5-6-7-8-9-10-11-12-13-14-15-16-17-18-19-20-23-30(35)34-27-22-26-33-29-28-32-25-21-24-31/h3-4,6-7,9-10,12-13,15-16,18-19,32-33H,2,5,8,11,14,17,20-29,31H2,1H3,(H,34,35)/b4-3-,7-6-,10-9-,13-12-,16-15-,19-18-. The zero-order valence-electron chi connectivity index (χ0n) is 22.2. The van der Waals surface area contributed by atoms with Crippen molar-refractivity contribution in [3.8, 4) is 0 Å². The number of carbonyl (C=O) groups is 1. The predicted molar refractivity (Wildman–Crippen MR) is 154 cm³/mol. The Morgan fingerprint density at radius 1 is 0.600 bits per heavy atom. The minimum atomic E-state index is 0.132. The Kier molecular flexibility index (Phi) is 27.9. The van der Waals surface area contributed by atoms with Crippen LogP contribution in [-0.4, -0.2) is 45.2 Å². The second kappa shape index (κ2) is 29.8. The second-order valence-corrected chi connectivity index (χ2v) is 8.30. The maximum Gasteiger partial charge on any atom is 0.220 e. The highest BCUT2D eigenvalue weighted by Crippen LogP contribution is 1.97. The second-order valence-electron chi connectivity index (χ2n) is 8.30. The fourth-order valence-corrected chi connectivity index (χ4v) is 3.04. The van der Waals surface area contributed by atoms with Crippen molar-refractivity contribution >= 4 is 5.91 Å². The molecule has 0 unspecified atom stereocenters. The van der Waals surface area contributed by atoms with Crippen LogP contribution in [0.5, 0.6) is 0 Å². The summed E-state index contributed by atoms with van der Waals surface area (Å²) in [7, 11) is 0. The molecule has 0 fully saturated rings. The highest BCUT2D eigenvalue weighted by molar-refractivity contribution is 5.75. The molecule has 0 saturated carbocycles. The molecule has 0 heterocycles. The summed E-state index contributed by atoms with van der Waals surface area (Å²) in [5.74, 6) is 0.132. The minimum absolute atomic E-state index is 0.132. The van der Waals surface area contributed by atoms with Gasteiger partial charge in [0.2, 0.25) is 5.91 Å². The Labute approximate surface area is 215 Å². The SMILES string of the molecule is CC/C=C\C/C=C\C/C=C\C/C=C\C/C=C\C/C=C\CCC(=O)NCCCNCCNCCCN. The molecule has 0 aliphatic carbocycles. The van der Waals surface area contributed by atoms with Crippen molar-refractivity contribution in [3.05, 3.63) is 72.9 Å². The van der Waals surface area contributed by atoms with E-state index in [1.54, 1.807) is 0 Å². The van der Waals surface area contributed by atoms with E-state index in [1.165, 1.54) is 0 Å². The Morgan fingerprint density at radius 2 is 1.06 bits per heavy atom. The molecule has 0 atom stereocenters. The van der Waals surface area contributed by atoms with E-state index in [0.717, 1.165) is 97.1 Å². The quantitative estimate of drug-likeness (QED) is 0.108. The van der Waals surface area contributed by atoms with Gasteiger partial charge in [-0.15, -0.1) is 0 Å². The molecule has 0 aromatic heterocycles. The fourth-order valence-electron chi connectivity index (χ4n) is 3.04. The van der Waals surface area contributed by atoms with E-state index >= 15 is 0 Å². The van der Waals surface area contributed by atoms with Gasteiger partial charge in [0.15, 0.2) is 0 Å². The zero-order chi connectivity index (χ0) is 25.5. The molecule has 0 spiro atoms. The van der Waals surface area contributed by atoms with Crippen LogP contribution < -0.4 is 21.7 Å². The van der Waals surface area contributed by atoms with E-state index in [2.05, 4.69) is 95.8 Å². The van der Waals surface area contributed by atoms with Crippen LogP contribution in [0.3, 0.4) is 0 Å². The molecule has 0 aromatic carbocycles. The highest BCUT2D eigenvalue weighted by atomic mass is 16.1. The molecule has 0 radical (unpaired) electrons. The number of carbonyl (C=O) groups excluding carboxylic acids is 1. The number of hydrogen-bond acceptors (Lipinski definition) is 4. The van der Waals surface area contributed by atoms with Crippen molar-refractivity contribution in [1.82, 2.24) is 16.0 Å². The highest BCUT2D eigenvalue weighted by Gasteiger charge is 1.98. The van der Waals surface area contributed by atoms with Crippen LogP contribution in [0.25, 0.3) is 0 Å². The molecule has 0 aliphatic heterocycles. The van der Waals surface area contributed by atoms with Crippen LogP contribution >= 0.6 is 0 Å². The van der Waals surface area contributed by atoms with Crippen molar-refractivity contribution < 1.29 is 4.79 Å². The van der Waals surface area contributed by atoms with Crippen LogP contribution in [-0.2, 0) is 4.79 Å². The van der Waals surface area contributed by atoms with Crippen molar-refractivity contribution in [2.45, 2.75) is 71.1 Å². The average molecular weight is 485 g/mol. The molecule has 0 saturated heterocycles. The van der Waals surface area contributed by atoms with Crippen molar-refractivity contribution in [2.75, 3.05) is 39.3 Å². The van der Waals surface area contributed by atoms with Crippen molar-refractivity contribution in [3.63, 3.8) is 0 Å². The molecule has 5 nitrogen and oxygen atoms in total. The lowest BCUT2D eigenvalue weighted by Gasteiger charge is -2.07. The molecule has 0 aliphatic rings. The first kappa shape index (κ1) is 32.8. The van der Waals surface area contributed by atoms with Crippen LogP contribution in [0.15, 0.2) is 72.9 Å². The fraction of sp³-hybridized carbons (Fsp3) is 0.567. The lowest BCUT2D eigenvalue weighted by Crippen LogP contribution is -2.31. The summed E-state index contributed by atoms with van der Waals surface area (Å²) in [5.41, 5.74) is 5.45. The normalized spacial score (nSPS) is 12.6. The molecule has 1 amide bonds. The van der Waals surface area contributed by atoms with E-state index in [0.29, 0.717) is 6.42 Å². The van der Waals surface area contributed by atoms with Gasteiger partial charge >= 0.3 is 0 Å². The van der Waals surface area contributed by atoms with Gasteiger partial charge in [0.1, 0.15) is 0 Å². The van der Waals surface area contributed by atoms with Crippen LogP contribution in [0.2, 0.25) is 0 Å². The van der Waals surface area contributed by atoms with Gasteiger partial charge in [-0.3, -0.25) is 4.79 Å². The van der Waals surface area contributed by atoms with Gasteiger partial charge in [-0.25, -0.2) is 0 Å². The largest absolute Gasteiger partial charge is 0.356 e. The van der Waals surface area contributed by atoms with Gasteiger partial charge in [-0.05, 0) is 77.4 Å². The lowest BCUT2D eigenvalue weighted by molar-refractivity contribution is -0.121. The van der Waals surface area contributed by atoms with Crippen molar-refractivity contribution in [1.29, 1.82) is 0 Å². The number of nitrogens with one attached hydrogen (secondary N) is 3. The van der Waals surface area contributed by atoms with Crippen LogP contribution in [0.1, 0.15) is 71.1 Å². The Hall–Kier alpha value is -2.21. The predicted octanol–water partition coefficient (Wildman–Crippen LogP) is 5.50. The molecular weight excluding hydrogens is 432 g/mol. The molecule has 198 valence electrons. The van der Waals surface area contributed by atoms with Gasteiger partial charge in [-0.1, -0.05) is 79.8 Å². The molecule has 0 bridgehead atoms. The first-order chi connectivity index (χ1) is 17.3. The Balaban J connectivity index is 3.48. The van der Waals surface area contributed by atoms with E-state index in [9.17, 15) is 4.79 Å². The maximum atomic E-state index is 11.8. The summed E-state index contributed by atoms with van der Waals surface area (Å²) in [6, 6.07) is 0. The first-order valence-corrected chi connectivity index (χ1v) is 13.6. The summed E-state index contributed by atoms with van der Waals surface area (Å²) in [6.07, 6.45) is 35.6. The topological polar surface area (TPSA) is 79.2 Å². The molecular formula is C30H52N4O. The number of allylic oxidation sites excluding steroid dienone is 12. The Bertz CT molecular complexity index is 632. The van der Waals surface area contributed by atoms with Gasteiger partial charge < -0.3 is 21.7 Å². The average Bonchev–Trinajstić information content (AvgIpc) is 2.86. The van der Waals surface area contributed by atoms with Crippen molar-refractivity contribution in [2.24, 2.45) is 5.73 Å². The maximum absolute atomic E-state index is 11.8. The number of amides is 1. The molecule has 5 N–H and O–H groups in total. The van der Waals surface area contributed by atoms with E-state index in [1.807, 2.05) is 0 Å². The summed E-state index contributed by atoms with van der Waals surface area (Å²) in [5, 5.41) is 9.69. The van der Waals surface area contributed by atoms with E-state index in [4.69, 9.17) is 5.73 Å². The number of nitrogens with two attached hydrogens (primary N) is 1. The zero-order valence-corrected chi connectivity index (χ0v) is 22.2. The molecule has 35 heavy (non-hydrogen) atoms. The third-order valence-electron chi connectivity index (χ3n) is 5.02. The third kappa shape index (κ3) is 29.8. The van der Waals surface area contributed by atoms with Gasteiger partial charge in [0, 0.05) is 26.1 Å². The monoisotopic (exact) mass is 484 g/mol. The lowest BCUT2D eigenvalue weighted by atomic mass is 10.2. The van der Waals surface area contributed by atoms with Crippen LogP contribution in [0.4, 0.5) is 0 Å². The van der Waals surface area contributed by atoms with Gasteiger partial charge in [0.05, 0.1) is 0 Å². The van der Waals surface area contributed by atoms with E-state index in [-0.39, 0.29) is 5.91 Å². The smallest absolute Gasteiger partial charge is 0.220 e. The molecule has 0 rings (SSSR count). The summed E-state index contributed by atoms with van der Waals surface area (Å²) in [6.45, 7) is 7.43. The van der Waals surface area contributed by atoms with Gasteiger partial charge in [0.25, 0.3) is 0 Å². The number of rotatable bonds is 24. The third-order valence-corrected chi connectivity index (χ3v) is 5.02. The Morgan fingerprint density at radius 3 is 1.54 bits per heavy atom.